The van der Waals surface area contributed by atoms with E-state index < -0.39 is 0 Å². The Hall–Kier alpha value is -3.33. The van der Waals surface area contributed by atoms with Crippen molar-refractivity contribution in [2.75, 3.05) is 44.5 Å². The molecule has 0 aliphatic carbocycles. The number of hydrogen-bond acceptors (Lipinski definition) is 6. The smallest absolute Gasteiger partial charge is 0.265 e. The lowest BCUT2D eigenvalue weighted by Gasteiger charge is -2.33. The number of halogens is 1. The Morgan fingerprint density at radius 2 is 1.79 bits per heavy atom. The van der Waals surface area contributed by atoms with Crippen molar-refractivity contribution in [1.29, 1.82) is 0 Å². The fraction of sp³-hybridized carbons (Fsp3) is 0.440. The third-order valence-electron chi connectivity index (χ3n) is 6.47. The Balaban J connectivity index is 1.04. The highest BCUT2D eigenvalue weighted by Gasteiger charge is 2.26. The number of piperidine rings is 1. The molecule has 5 rings (SSSR count). The Morgan fingerprint density at radius 1 is 1.00 bits per heavy atom. The van der Waals surface area contributed by atoms with E-state index in [4.69, 9.17) is 14.2 Å². The molecule has 0 spiro atoms. The Morgan fingerprint density at radius 3 is 2.65 bits per heavy atom. The van der Waals surface area contributed by atoms with Crippen molar-refractivity contribution in [2.45, 2.75) is 31.7 Å². The minimum Gasteiger partial charge on any atom is -0.482 e. The summed E-state index contributed by atoms with van der Waals surface area (Å²) in [6.07, 6.45) is 2.87. The van der Waals surface area contributed by atoms with E-state index in [0.717, 1.165) is 44.5 Å². The molecule has 0 atom stereocenters. The predicted molar refractivity (Wildman–Crippen MR) is 123 cm³/mol. The fourth-order valence-corrected chi connectivity index (χ4v) is 4.69. The number of amides is 2. The normalized spacial score (nSPS) is 17.9. The van der Waals surface area contributed by atoms with Crippen LogP contribution in [0.4, 0.5) is 10.1 Å². The van der Waals surface area contributed by atoms with Crippen LogP contribution in [0.3, 0.4) is 0 Å². The molecule has 2 amide bonds. The topological polar surface area (TPSA) is 80.3 Å². The summed E-state index contributed by atoms with van der Waals surface area (Å²) in [6, 6.07) is 10.00. The highest BCUT2D eigenvalue weighted by atomic mass is 19.1. The van der Waals surface area contributed by atoms with E-state index >= 15 is 0 Å². The second-order valence-corrected chi connectivity index (χ2v) is 8.85. The molecule has 1 N–H and O–H groups in total. The van der Waals surface area contributed by atoms with Gasteiger partial charge in [0.15, 0.2) is 18.1 Å². The summed E-state index contributed by atoms with van der Waals surface area (Å²) in [5, 5.41) is 3.15. The first kappa shape index (κ1) is 22.5. The molecule has 3 aliphatic heterocycles. The summed E-state index contributed by atoms with van der Waals surface area (Å²) in [4.78, 5) is 28.7. The standard InChI is InChI=1S/C25H28FN3O5/c26-18-3-5-21-20(14-18)29(25(31)15-32-21)9-1-8-28-10-6-19(7-11-28)27-24(30)13-17-2-4-22-23(12-17)34-16-33-22/h2-5,12,14,19H,1,6-11,13,15-16H2,(H,27,30). The maximum Gasteiger partial charge on any atom is 0.265 e. The van der Waals surface area contributed by atoms with Gasteiger partial charge in [-0.1, -0.05) is 6.07 Å². The van der Waals surface area contributed by atoms with E-state index in [1.807, 2.05) is 18.2 Å². The fourth-order valence-electron chi connectivity index (χ4n) is 4.69. The first-order valence-electron chi connectivity index (χ1n) is 11.7. The van der Waals surface area contributed by atoms with E-state index in [-0.39, 0.29) is 37.1 Å². The lowest BCUT2D eigenvalue weighted by molar-refractivity contribution is -0.122. The van der Waals surface area contributed by atoms with Crippen molar-refractivity contribution in [1.82, 2.24) is 10.2 Å². The molecular formula is C25H28FN3O5. The average Bonchev–Trinajstić information content (AvgIpc) is 3.29. The van der Waals surface area contributed by atoms with Crippen LogP contribution in [0.15, 0.2) is 36.4 Å². The summed E-state index contributed by atoms with van der Waals surface area (Å²) in [5.74, 6) is 1.41. The molecule has 8 nitrogen and oxygen atoms in total. The van der Waals surface area contributed by atoms with Gasteiger partial charge in [-0.2, -0.15) is 0 Å². The van der Waals surface area contributed by atoms with Gasteiger partial charge >= 0.3 is 0 Å². The lowest BCUT2D eigenvalue weighted by Crippen LogP contribution is -2.46. The van der Waals surface area contributed by atoms with Crippen molar-refractivity contribution >= 4 is 17.5 Å². The van der Waals surface area contributed by atoms with Gasteiger partial charge in [-0.25, -0.2) is 4.39 Å². The molecule has 3 heterocycles. The van der Waals surface area contributed by atoms with Crippen LogP contribution in [0, 0.1) is 5.82 Å². The van der Waals surface area contributed by atoms with Crippen LogP contribution in [0.2, 0.25) is 0 Å². The second kappa shape index (κ2) is 9.89. The molecule has 180 valence electrons. The molecule has 1 fully saturated rings. The van der Waals surface area contributed by atoms with Crippen LogP contribution >= 0.6 is 0 Å². The van der Waals surface area contributed by atoms with Gasteiger partial charge in [0.05, 0.1) is 12.1 Å². The zero-order valence-corrected chi connectivity index (χ0v) is 18.9. The SMILES string of the molecule is O=C(Cc1ccc2c(c1)OCO2)NC1CCN(CCCN2C(=O)COc3ccc(F)cc32)CC1. The number of hydrogen-bond donors (Lipinski definition) is 1. The molecule has 2 aromatic carbocycles. The van der Waals surface area contributed by atoms with Gasteiger partial charge in [-0.3, -0.25) is 9.59 Å². The summed E-state index contributed by atoms with van der Waals surface area (Å²) < 4.78 is 29.8. The summed E-state index contributed by atoms with van der Waals surface area (Å²) in [7, 11) is 0. The number of nitrogens with one attached hydrogen (secondary N) is 1. The molecule has 0 bridgehead atoms. The first-order valence-corrected chi connectivity index (χ1v) is 11.7. The van der Waals surface area contributed by atoms with E-state index in [1.54, 1.807) is 11.0 Å². The van der Waals surface area contributed by atoms with Gasteiger partial charge in [0.1, 0.15) is 11.6 Å². The Bertz CT molecular complexity index is 1070. The van der Waals surface area contributed by atoms with Crippen LogP contribution < -0.4 is 24.4 Å². The van der Waals surface area contributed by atoms with Crippen LogP contribution in [0.1, 0.15) is 24.8 Å². The molecular weight excluding hydrogens is 441 g/mol. The first-order chi connectivity index (χ1) is 16.5. The second-order valence-electron chi connectivity index (χ2n) is 8.85. The van der Waals surface area contributed by atoms with Gasteiger partial charge in [-0.05, 0) is 55.6 Å². The van der Waals surface area contributed by atoms with Crippen LogP contribution in [-0.2, 0) is 16.0 Å². The highest BCUT2D eigenvalue weighted by molar-refractivity contribution is 5.97. The van der Waals surface area contributed by atoms with Crippen LogP contribution in [0.25, 0.3) is 0 Å². The molecule has 1 saturated heterocycles. The van der Waals surface area contributed by atoms with Crippen molar-refractivity contribution in [2.24, 2.45) is 0 Å². The number of fused-ring (bicyclic) bond motifs is 2. The number of ether oxygens (including phenoxy) is 3. The van der Waals surface area contributed by atoms with Gasteiger partial charge in [-0.15, -0.1) is 0 Å². The third-order valence-corrected chi connectivity index (χ3v) is 6.47. The summed E-state index contributed by atoms with van der Waals surface area (Å²) in [6.45, 7) is 3.33. The summed E-state index contributed by atoms with van der Waals surface area (Å²) in [5.41, 5.74) is 1.40. The number of rotatable bonds is 7. The predicted octanol–water partition coefficient (Wildman–Crippen LogP) is 2.49. The van der Waals surface area contributed by atoms with Crippen LogP contribution in [0.5, 0.6) is 17.2 Å². The van der Waals surface area contributed by atoms with Gasteiger partial charge in [0, 0.05) is 31.7 Å². The lowest BCUT2D eigenvalue weighted by atomic mass is 10.0. The minimum atomic E-state index is -0.385. The number of carbonyl (C=O) groups is 2. The van der Waals surface area contributed by atoms with Crippen molar-refractivity contribution in [3.8, 4) is 17.2 Å². The third kappa shape index (κ3) is 5.09. The zero-order chi connectivity index (χ0) is 23.5. The number of likely N-dealkylation sites (tertiary alicyclic amines) is 1. The average molecular weight is 470 g/mol. The maximum atomic E-state index is 13.7. The van der Waals surface area contributed by atoms with E-state index in [9.17, 15) is 14.0 Å². The summed E-state index contributed by atoms with van der Waals surface area (Å²) >= 11 is 0. The molecule has 2 aromatic rings. The monoisotopic (exact) mass is 469 g/mol. The number of benzene rings is 2. The molecule has 3 aliphatic rings. The van der Waals surface area contributed by atoms with Crippen molar-refractivity contribution < 1.29 is 28.2 Å². The molecule has 0 saturated carbocycles. The number of carbonyl (C=O) groups excluding carboxylic acids is 2. The van der Waals surface area contributed by atoms with Gasteiger partial charge in [0.25, 0.3) is 5.91 Å². The minimum absolute atomic E-state index is 0.00837. The molecule has 34 heavy (non-hydrogen) atoms. The van der Waals surface area contributed by atoms with Gasteiger partial charge in [0.2, 0.25) is 12.7 Å². The molecule has 9 heteroatoms. The van der Waals surface area contributed by atoms with E-state index in [1.165, 1.54) is 12.1 Å². The van der Waals surface area contributed by atoms with Crippen molar-refractivity contribution in [3.05, 3.63) is 47.8 Å². The molecule has 0 unspecified atom stereocenters. The number of anilines is 1. The Kier molecular flexibility index (Phi) is 6.53. The molecule has 0 aromatic heterocycles. The van der Waals surface area contributed by atoms with Gasteiger partial charge < -0.3 is 29.3 Å². The zero-order valence-electron chi connectivity index (χ0n) is 18.9. The molecule has 0 radical (unpaired) electrons. The number of nitrogens with zero attached hydrogens (tertiary/aromatic N) is 2. The Labute approximate surface area is 197 Å². The van der Waals surface area contributed by atoms with Crippen molar-refractivity contribution in [3.63, 3.8) is 0 Å². The quantitative estimate of drug-likeness (QED) is 0.671. The van der Waals surface area contributed by atoms with Crippen LogP contribution in [-0.4, -0.2) is 62.3 Å². The van der Waals surface area contributed by atoms with E-state index in [2.05, 4.69) is 10.2 Å². The largest absolute Gasteiger partial charge is 0.482 e. The van der Waals surface area contributed by atoms with E-state index in [0.29, 0.717) is 35.9 Å². The highest BCUT2D eigenvalue weighted by Crippen LogP contribution is 2.33. The maximum absolute atomic E-state index is 13.7.